The average Bonchev–Trinajstić information content (AvgIpc) is 3.05. The lowest BCUT2D eigenvalue weighted by Crippen LogP contribution is -2.22. The zero-order valence-electron chi connectivity index (χ0n) is 12.4. The van der Waals surface area contributed by atoms with Crippen molar-refractivity contribution in [3.05, 3.63) is 76.5 Å². The van der Waals surface area contributed by atoms with E-state index >= 15 is 0 Å². The first-order valence-corrected chi connectivity index (χ1v) is 6.98. The van der Waals surface area contributed by atoms with E-state index in [1.807, 2.05) is 30.3 Å². The fourth-order valence-electron chi connectivity index (χ4n) is 2.15. The Balaban J connectivity index is 1.89. The Hall–Kier alpha value is -3.15. The zero-order chi connectivity index (χ0) is 16.2. The molecule has 2 aromatic heterocycles. The molecule has 0 amide bonds. The van der Waals surface area contributed by atoms with Gasteiger partial charge < -0.3 is 9.15 Å². The van der Waals surface area contributed by atoms with Crippen molar-refractivity contribution < 1.29 is 13.9 Å². The second-order valence-electron chi connectivity index (χ2n) is 4.84. The largest absolute Gasteiger partial charge is 0.463 e. The van der Waals surface area contributed by atoms with Crippen LogP contribution in [0.4, 0.5) is 0 Å². The predicted octanol–water partition coefficient (Wildman–Crippen LogP) is 2.34. The molecule has 3 aromatic rings. The molecule has 23 heavy (non-hydrogen) atoms. The number of aromatic nitrogens is 2. The van der Waals surface area contributed by atoms with E-state index in [1.54, 1.807) is 12.1 Å². The Morgan fingerprint density at radius 3 is 2.65 bits per heavy atom. The van der Waals surface area contributed by atoms with Crippen LogP contribution in [0.15, 0.2) is 63.8 Å². The summed E-state index contributed by atoms with van der Waals surface area (Å²) < 4.78 is 11.2. The van der Waals surface area contributed by atoms with Gasteiger partial charge in [0.2, 0.25) is 5.76 Å². The van der Waals surface area contributed by atoms with E-state index in [4.69, 9.17) is 4.42 Å². The highest BCUT2D eigenvalue weighted by atomic mass is 16.5. The molecule has 3 rings (SSSR count). The number of carbonyl (C=O) groups excluding carboxylic acids is 1. The van der Waals surface area contributed by atoms with Gasteiger partial charge in [0.1, 0.15) is 12.3 Å². The molecule has 0 fully saturated rings. The highest BCUT2D eigenvalue weighted by Crippen LogP contribution is 2.15. The summed E-state index contributed by atoms with van der Waals surface area (Å²) in [6, 6.07) is 15.8. The second kappa shape index (κ2) is 6.31. The number of methoxy groups -OCH3 is 1. The van der Waals surface area contributed by atoms with Crippen LogP contribution in [-0.2, 0) is 11.3 Å². The van der Waals surface area contributed by atoms with E-state index < -0.39 is 5.97 Å². The quantitative estimate of drug-likeness (QED) is 0.691. The fourth-order valence-corrected chi connectivity index (χ4v) is 2.15. The van der Waals surface area contributed by atoms with Crippen LogP contribution in [0.25, 0.3) is 11.3 Å². The number of nitrogens with zero attached hydrogens (tertiary/aromatic N) is 2. The van der Waals surface area contributed by atoms with Crippen molar-refractivity contribution in [2.45, 2.75) is 6.54 Å². The molecule has 116 valence electrons. The monoisotopic (exact) mass is 310 g/mol. The minimum absolute atomic E-state index is 0.0924. The van der Waals surface area contributed by atoms with E-state index in [0.717, 1.165) is 5.56 Å². The van der Waals surface area contributed by atoms with Crippen LogP contribution in [0.2, 0.25) is 0 Å². The van der Waals surface area contributed by atoms with Crippen LogP contribution in [0, 0.1) is 0 Å². The van der Waals surface area contributed by atoms with Gasteiger partial charge in [-0.2, -0.15) is 5.10 Å². The van der Waals surface area contributed by atoms with Crippen LogP contribution in [0.5, 0.6) is 0 Å². The summed E-state index contributed by atoms with van der Waals surface area (Å²) in [4.78, 5) is 23.4. The summed E-state index contributed by atoms with van der Waals surface area (Å²) in [5.41, 5.74) is 1.35. The third kappa shape index (κ3) is 3.21. The third-order valence-corrected chi connectivity index (χ3v) is 3.29. The molecule has 0 saturated heterocycles. The molecule has 0 aliphatic carbocycles. The standard InChI is InChI=1S/C17H14N2O4/c1-22-17(21)15-9-7-13(23-15)11-19-16(20)10-8-14(18-19)12-5-3-2-4-6-12/h2-10H,11H2,1H3. The van der Waals surface area contributed by atoms with Crippen molar-refractivity contribution in [3.63, 3.8) is 0 Å². The van der Waals surface area contributed by atoms with Crippen molar-refractivity contribution in [3.8, 4) is 11.3 Å². The SMILES string of the molecule is COC(=O)c1ccc(Cn2nc(-c3ccccc3)ccc2=O)o1. The summed E-state index contributed by atoms with van der Waals surface area (Å²) in [5, 5.41) is 4.34. The Morgan fingerprint density at radius 2 is 1.91 bits per heavy atom. The summed E-state index contributed by atoms with van der Waals surface area (Å²) in [5.74, 6) is -0.0189. The van der Waals surface area contributed by atoms with Gasteiger partial charge in [-0.3, -0.25) is 4.79 Å². The van der Waals surface area contributed by atoms with Gasteiger partial charge in [0, 0.05) is 11.6 Å². The molecule has 0 spiro atoms. The molecule has 0 unspecified atom stereocenters. The van der Waals surface area contributed by atoms with E-state index in [0.29, 0.717) is 11.5 Å². The zero-order valence-corrected chi connectivity index (χ0v) is 12.4. The first-order chi connectivity index (χ1) is 11.2. The number of hydrogen-bond donors (Lipinski definition) is 0. The fraction of sp³-hybridized carbons (Fsp3) is 0.118. The Kier molecular flexibility index (Phi) is 4.05. The van der Waals surface area contributed by atoms with Gasteiger partial charge in [-0.1, -0.05) is 30.3 Å². The molecule has 6 heteroatoms. The lowest BCUT2D eigenvalue weighted by atomic mass is 10.1. The highest BCUT2D eigenvalue weighted by molar-refractivity contribution is 5.86. The Labute approximate surface area is 131 Å². The minimum atomic E-state index is -0.561. The van der Waals surface area contributed by atoms with Crippen LogP contribution in [-0.4, -0.2) is 22.9 Å². The molecule has 0 atom stereocenters. The van der Waals surface area contributed by atoms with Crippen molar-refractivity contribution in [1.29, 1.82) is 0 Å². The maximum atomic E-state index is 12.0. The van der Waals surface area contributed by atoms with Crippen molar-refractivity contribution in [2.75, 3.05) is 7.11 Å². The lowest BCUT2D eigenvalue weighted by Gasteiger charge is -2.05. The Morgan fingerprint density at radius 1 is 1.13 bits per heavy atom. The van der Waals surface area contributed by atoms with E-state index in [9.17, 15) is 9.59 Å². The molecule has 2 heterocycles. The smallest absolute Gasteiger partial charge is 0.373 e. The van der Waals surface area contributed by atoms with Crippen molar-refractivity contribution >= 4 is 5.97 Å². The number of benzene rings is 1. The molecule has 0 aliphatic heterocycles. The maximum absolute atomic E-state index is 12.0. The average molecular weight is 310 g/mol. The molecule has 1 aromatic carbocycles. The normalized spacial score (nSPS) is 10.5. The van der Waals surface area contributed by atoms with Crippen molar-refractivity contribution in [1.82, 2.24) is 9.78 Å². The van der Waals surface area contributed by atoms with E-state index in [1.165, 1.54) is 23.9 Å². The molecule has 0 bridgehead atoms. The molecule has 0 saturated carbocycles. The molecular formula is C17H14N2O4. The summed E-state index contributed by atoms with van der Waals surface area (Å²) >= 11 is 0. The topological polar surface area (TPSA) is 74.3 Å². The number of furan rings is 1. The first kappa shape index (κ1) is 14.8. The summed E-state index contributed by atoms with van der Waals surface area (Å²) in [6.07, 6.45) is 0. The predicted molar refractivity (Wildman–Crippen MR) is 83.1 cm³/mol. The number of hydrogen-bond acceptors (Lipinski definition) is 5. The van der Waals surface area contributed by atoms with Gasteiger partial charge in [-0.25, -0.2) is 9.48 Å². The van der Waals surface area contributed by atoms with E-state index in [-0.39, 0.29) is 17.9 Å². The van der Waals surface area contributed by atoms with Gasteiger partial charge in [0.25, 0.3) is 5.56 Å². The van der Waals surface area contributed by atoms with Crippen LogP contribution < -0.4 is 5.56 Å². The number of ether oxygens (including phenoxy) is 1. The molecule has 0 N–H and O–H groups in total. The van der Waals surface area contributed by atoms with Gasteiger partial charge in [-0.15, -0.1) is 0 Å². The van der Waals surface area contributed by atoms with Gasteiger partial charge in [-0.05, 0) is 18.2 Å². The second-order valence-corrected chi connectivity index (χ2v) is 4.84. The van der Waals surface area contributed by atoms with Gasteiger partial charge in [0.15, 0.2) is 0 Å². The highest BCUT2D eigenvalue weighted by Gasteiger charge is 2.12. The molecule has 6 nitrogen and oxygen atoms in total. The van der Waals surface area contributed by atoms with Crippen LogP contribution in [0.3, 0.4) is 0 Å². The molecular weight excluding hydrogens is 296 g/mol. The minimum Gasteiger partial charge on any atom is -0.463 e. The van der Waals surface area contributed by atoms with Crippen LogP contribution >= 0.6 is 0 Å². The van der Waals surface area contributed by atoms with E-state index in [2.05, 4.69) is 9.84 Å². The number of rotatable bonds is 4. The maximum Gasteiger partial charge on any atom is 0.373 e. The summed E-state index contributed by atoms with van der Waals surface area (Å²) in [7, 11) is 1.28. The van der Waals surface area contributed by atoms with Crippen LogP contribution in [0.1, 0.15) is 16.3 Å². The Bertz CT molecular complexity index is 881. The number of carbonyl (C=O) groups is 1. The lowest BCUT2D eigenvalue weighted by molar-refractivity contribution is 0.0562. The first-order valence-electron chi connectivity index (χ1n) is 6.98. The third-order valence-electron chi connectivity index (χ3n) is 3.29. The van der Waals surface area contributed by atoms with Gasteiger partial charge >= 0.3 is 5.97 Å². The number of esters is 1. The van der Waals surface area contributed by atoms with Gasteiger partial charge in [0.05, 0.1) is 12.8 Å². The molecule has 0 radical (unpaired) electrons. The summed E-state index contributed by atoms with van der Waals surface area (Å²) in [6.45, 7) is 0.135. The van der Waals surface area contributed by atoms with Crippen molar-refractivity contribution in [2.24, 2.45) is 0 Å². The molecule has 0 aliphatic rings.